The third kappa shape index (κ3) is 3.38. The summed E-state index contributed by atoms with van der Waals surface area (Å²) in [5.74, 6) is 0.313. The van der Waals surface area contributed by atoms with Crippen LogP contribution in [-0.4, -0.2) is 48.0 Å². The number of nitrogens with zero attached hydrogens (tertiary/aromatic N) is 4. The van der Waals surface area contributed by atoms with Gasteiger partial charge in [-0.3, -0.25) is 0 Å². The van der Waals surface area contributed by atoms with Crippen LogP contribution in [0.15, 0.2) is 22.9 Å². The number of piperidine rings is 1. The van der Waals surface area contributed by atoms with Crippen molar-refractivity contribution >= 4 is 10.2 Å². The quantitative estimate of drug-likeness (QED) is 0.887. The van der Waals surface area contributed by atoms with E-state index in [2.05, 4.69) is 19.8 Å². The van der Waals surface area contributed by atoms with Gasteiger partial charge in [-0.15, -0.1) is 0 Å². The Hall–Kier alpha value is -1.91. The molecule has 8 nitrogen and oxygen atoms in total. The summed E-state index contributed by atoms with van der Waals surface area (Å²) in [6, 6.07) is 2.76. The lowest BCUT2D eigenvalue weighted by molar-refractivity contribution is 0.269. The molecule has 0 radical (unpaired) electrons. The van der Waals surface area contributed by atoms with Crippen LogP contribution < -0.4 is 4.72 Å². The van der Waals surface area contributed by atoms with E-state index in [0.29, 0.717) is 43.3 Å². The van der Waals surface area contributed by atoms with E-state index < -0.39 is 16.0 Å². The molecule has 0 bridgehead atoms. The number of nitrogens with one attached hydrogen (secondary N) is 1. The predicted molar refractivity (Wildman–Crippen MR) is 79.0 cm³/mol. The second-order valence-electron chi connectivity index (χ2n) is 5.20. The third-order valence-corrected chi connectivity index (χ3v) is 5.36. The predicted octanol–water partition coefficient (Wildman–Crippen LogP) is 0.914. The van der Waals surface area contributed by atoms with Gasteiger partial charge in [0.1, 0.15) is 11.5 Å². The van der Waals surface area contributed by atoms with Gasteiger partial charge in [-0.2, -0.15) is 17.7 Å². The fourth-order valence-corrected chi connectivity index (χ4v) is 3.44. The summed E-state index contributed by atoms with van der Waals surface area (Å²) in [5.41, 5.74) is 0.427. The van der Waals surface area contributed by atoms with E-state index in [1.165, 1.54) is 23.5 Å². The Morgan fingerprint density at radius 1 is 1.35 bits per heavy atom. The Kier molecular flexibility index (Phi) is 4.37. The smallest absolute Gasteiger partial charge is 0.279 e. The Morgan fingerprint density at radius 2 is 2.09 bits per heavy atom. The van der Waals surface area contributed by atoms with Crippen molar-refractivity contribution in [3.63, 3.8) is 0 Å². The Bertz CT molecular complexity index is 769. The van der Waals surface area contributed by atoms with Crippen LogP contribution >= 0.6 is 0 Å². The molecule has 0 aliphatic carbocycles. The van der Waals surface area contributed by atoms with Crippen molar-refractivity contribution in [2.24, 2.45) is 0 Å². The van der Waals surface area contributed by atoms with Crippen molar-refractivity contribution in [1.82, 2.24) is 24.2 Å². The summed E-state index contributed by atoms with van der Waals surface area (Å²) in [6.45, 7) is 0.778. The molecule has 0 atom stereocenters. The van der Waals surface area contributed by atoms with Gasteiger partial charge in [0.2, 0.25) is 11.7 Å². The molecule has 124 valence electrons. The van der Waals surface area contributed by atoms with Crippen molar-refractivity contribution in [2.75, 3.05) is 20.1 Å². The van der Waals surface area contributed by atoms with E-state index in [1.54, 1.807) is 0 Å². The summed E-state index contributed by atoms with van der Waals surface area (Å²) in [4.78, 5) is 8.20. The molecule has 2 aromatic rings. The van der Waals surface area contributed by atoms with Crippen LogP contribution in [0.5, 0.6) is 0 Å². The molecule has 23 heavy (non-hydrogen) atoms. The first-order valence-corrected chi connectivity index (χ1v) is 8.58. The molecule has 0 amide bonds. The maximum Gasteiger partial charge on any atom is 0.279 e. The summed E-state index contributed by atoms with van der Waals surface area (Å²) in [6.07, 6.45) is 2.28. The van der Waals surface area contributed by atoms with Gasteiger partial charge in [-0.25, -0.2) is 14.1 Å². The fourth-order valence-electron chi connectivity index (χ4n) is 2.49. The van der Waals surface area contributed by atoms with Gasteiger partial charge in [-0.05, 0) is 25.0 Å². The number of rotatable bonds is 4. The number of halogens is 1. The number of aromatic nitrogens is 3. The zero-order valence-corrected chi connectivity index (χ0v) is 13.3. The fraction of sp³-hybridized carbons (Fsp3) is 0.462. The Labute approximate surface area is 132 Å². The van der Waals surface area contributed by atoms with Crippen LogP contribution in [0.2, 0.25) is 0 Å². The van der Waals surface area contributed by atoms with Crippen molar-refractivity contribution in [3.8, 4) is 11.5 Å². The van der Waals surface area contributed by atoms with Gasteiger partial charge in [0, 0.05) is 26.1 Å². The van der Waals surface area contributed by atoms with Crippen molar-refractivity contribution in [1.29, 1.82) is 0 Å². The summed E-state index contributed by atoms with van der Waals surface area (Å²) < 4.78 is 45.3. The average molecular weight is 341 g/mol. The molecule has 1 aliphatic rings. The molecule has 0 aromatic carbocycles. The van der Waals surface area contributed by atoms with Gasteiger partial charge in [0.05, 0.1) is 6.20 Å². The molecule has 3 rings (SSSR count). The number of hydrogen-bond acceptors (Lipinski definition) is 6. The Balaban J connectivity index is 1.69. The minimum atomic E-state index is -3.40. The largest absolute Gasteiger partial charge is 0.339 e. The summed E-state index contributed by atoms with van der Waals surface area (Å²) >= 11 is 0. The van der Waals surface area contributed by atoms with Crippen LogP contribution in [0.3, 0.4) is 0 Å². The SMILES string of the molecule is CNS(=O)(=O)N1CCC(c2nc(-c3ccc(F)cn3)no2)CC1. The van der Waals surface area contributed by atoms with E-state index >= 15 is 0 Å². The Morgan fingerprint density at radius 3 is 2.70 bits per heavy atom. The van der Waals surface area contributed by atoms with Crippen molar-refractivity contribution < 1.29 is 17.3 Å². The molecule has 0 unspecified atom stereocenters. The van der Waals surface area contributed by atoms with Gasteiger partial charge in [0.15, 0.2) is 0 Å². The minimum Gasteiger partial charge on any atom is -0.339 e. The molecule has 1 N–H and O–H groups in total. The molecular weight excluding hydrogens is 325 g/mol. The van der Waals surface area contributed by atoms with Gasteiger partial charge < -0.3 is 4.52 Å². The highest BCUT2D eigenvalue weighted by Crippen LogP contribution is 2.28. The lowest BCUT2D eigenvalue weighted by atomic mass is 9.98. The number of pyridine rings is 1. The molecule has 2 aromatic heterocycles. The second kappa shape index (κ2) is 6.30. The van der Waals surface area contributed by atoms with Gasteiger partial charge in [-0.1, -0.05) is 5.16 Å². The minimum absolute atomic E-state index is 0.00000415. The van der Waals surface area contributed by atoms with Crippen LogP contribution in [-0.2, 0) is 10.2 Å². The van der Waals surface area contributed by atoms with Crippen LogP contribution in [0.4, 0.5) is 4.39 Å². The topological polar surface area (TPSA) is 101 Å². The normalized spacial score (nSPS) is 17.5. The highest BCUT2D eigenvalue weighted by atomic mass is 32.2. The lowest BCUT2D eigenvalue weighted by Gasteiger charge is -2.28. The zero-order valence-electron chi connectivity index (χ0n) is 12.4. The van der Waals surface area contributed by atoms with Gasteiger partial charge >= 0.3 is 0 Å². The first kappa shape index (κ1) is 16.0. The van der Waals surface area contributed by atoms with E-state index in [9.17, 15) is 12.8 Å². The van der Waals surface area contributed by atoms with Crippen LogP contribution in [0.1, 0.15) is 24.7 Å². The molecule has 1 saturated heterocycles. The zero-order chi connectivity index (χ0) is 16.4. The van der Waals surface area contributed by atoms with E-state index in [-0.39, 0.29) is 5.92 Å². The molecule has 3 heterocycles. The molecule has 10 heteroatoms. The molecular formula is C13H16FN5O3S. The van der Waals surface area contributed by atoms with Crippen molar-refractivity contribution in [3.05, 3.63) is 30.0 Å². The standard InChI is InChI=1S/C13H16FN5O3S/c1-15-23(20,21)19-6-4-9(5-7-19)13-17-12(18-22-13)11-3-2-10(14)8-16-11/h2-3,8-9,15H,4-7H2,1H3. The summed E-state index contributed by atoms with van der Waals surface area (Å²) in [5, 5.41) is 3.86. The lowest BCUT2D eigenvalue weighted by Crippen LogP contribution is -2.43. The van der Waals surface area contributed by atoms with Crippen molar-refractivity contribution in [2.45, 2.75) is 18.8 Å². The average Bonchev–Trinajstić information content (AvgIpc) is 3.05. The second-order valence-corrected chi connectivity index (χ2v) is 7.08. The maximum absolute atomic E-state index is 12.9. The van der Waals surface area contributed by atoms with Crippen LogP contribution in [0, 0.1) is 5.82 Å². The first-order valence-electron chi connectivity index (χ1n) is 7.14. The van der Waals surface area contributed by atoms with E-state index in [1.807, 2.05) is 0 Å². The number of hydrogen-bond donors (Lipinski definition) is 1. The maximum atomic E-state index is 12.9. The molecule has 1 fully saturated rings. The van der Waals surface area contributed by atoms with Gasteiger partial charge in [0.25, 0.3) is 10.2 Å². The molecule has 1 aliphatic heterocycles. The monoisotopic (exact) mass is 341 g/mol. The third-order valence-electron chi connectivity index (χ3n) is 3.80. The van der Waals surface area contributed by atoms with Crippen LogP contribution in [0.25, 0.3) is 11.5 Å². The summed E-state index contributed by atoms with van der Waals surface area (Å²) in [7, 11) is -2.01. The van der Waals surface area contributed by atoms with E-state index in [4.69, 9.17) is 4.52 Å². The van der Waals surface area contributed by atoms with E-state index in [0.717, 1.165) is 6.20 Å². The molecule has 0 spiro atoms. The molecule has 0 saturated carbocycles. The highest BCUT2D eigenvalue weighted by Gasteiger charge is 2.30. The first-order chi connectivity index (χ1) is 11.0. The highest BCUT2D eigenvalue weighted by molar-refractivity contribution is 7.87.